The number of carbonyl (C=O) groups excluding carboxylic acids is 1. The van der Waals surface area contributed by atoms with Gasteiger partial charge in [0.1, 0.15) is 16.1 Å². The van der Waals surface area contributed by atoms with Crippen molar-refractivity contribution in [1.29, 1.82) is 0 Å². The Kier molecular flexibility index (Phi) is 5.43. The molecule has 1 aliphatic rings. The molecule has 0 saturated carbocycles. The standard InChI is InChI=1S/C16H17NO4S2/c1-9(2)13(15(19)20)17-14(18)12(23-16(17)22)8-10-6-4-5-7-11(10)21-3/h4-9,13H,1-3H3,(H,19,20)/b12-8-. The minimum atomic E-state index is -1.06. The first kappa shape index (κ1) is 17.5. The summed E-state index contributed by atoms with van der Waals surface area (Å²) in [5, 5.41) is 9.40. The molecule has 23 heavy (non-hydrogen) atoms. The number of methoxy groups -OCH3 is 1. The smallest absolute Gasteiger partial charge is 0.327 e. The lowest BCUT2D eigenvalue weighted by Crippen LogP contribution is -2.47. The van der Waals surface area contributed by atoms with E-state index in [2.05, 4.69) is 0 Å². The lowest BCUT2D eigenvalue weighted by atomic mass is 10.0. The summed E-state index contributed by atoms with van der Waals surface area (Å²) in [4.78, 5) is 25.7. The van der Waals surface area contributed by atoms with Crippen LogP contribution in [0.4, 0.5) is 0 Å². The summed E-state index contributed by atoms with van der Waals surface area (Å²) in [6.07, 6.45) is 1.68. The van der Waals surface area contributed by atoms with Crippen molar-refractivity contribution in [2.45, 2.75) is 19.9 Å². The van der Waals surface area contributed by atoms with Gasteiger partial charge < -0.3 is 9.84 Å². The van der Waals surface area contributed by atoms with Gasteiger partial charge in [-0.1, -0.05) is 56.0 Å². The van der Waals surface area contributed by atoms with Crippen molar-refractivity contribution >= 4 is 46.3 Å². The van der Waals surface area contributed by atoms with E-state index in [9.17, 15) is 14.7 Å². The fraction of sp³-hybridized carbons (Fsp3) is 0.312. The van der Waals surface area contributed by atoms with E-state index >= 15 is 0 Å². The van der Waals surface area contributed by atoms with E-state index in [1.807, 2.05) is 18.2 Å². The van der Waals surface area contributed by atoms with Gasteiger partial charge in [0.15, 0.2) is 0 Å². The average molecular weight is 351 g/mol. The molecule has 0 radical (unpaired) electrons. The van der Waals surface area contributed by atoms with Crippen LogP contribution in [-0.4, -0.2) is 39.4 Å². The van der Waals surface area contributed by atoms with Crippen molar-refractivity contribution in [3.8, 4) is 5.75 Å². The van der Waals surface area contributed by atoms with Crippen LogP contribution in [0, 0.1) is 5.92 Å². The van der Waals surface area contributed by atoms with Crippen LogP contribution in [0.15, 0.2) is 29.2 Å². The lowest BCUT2D eigenvalue weighted by Gasteiger charge is -2.26. The van der Waals surface area contributed by atoms with Gasteiger partial charge in [0, 0.05) is 5.56 Å². The Bertz CT molecular complexity index is 684. The van der Waals surface area contributed by atoms with Crippen LogP contribution < -0.4 is 4.74 Å². The van der Waals surface area contributed by atoms with Crippen molar-refractivity contribution < 1.29 is 19.4 Å². The van der Waals surface area contributed by atoms with E-state index in [-0.39, 0.29) is 16.1 Å². The molecule has 1 saturated heterocycles. The van der Waals surface area contributed by atoms with E-state index in [0.717, 1.165) is 17.3 Å². The number of hydrogen-bond donors (Lipinski definition) is 1. The number of nitrogens with zero attached hydrogens (tertiary/aromatic N) is 1. The third-order valence-electron chi connectivity index (χ3n) is 3.41. The first-order chi connectivity index (χ1) is 10.9. The number of thiocarbonyl (C=S) groups is 1. The molecule has 1 aromatic rings. The molecule has 0 bridgehead atoms. The first-order valence-corrected chi connectivity index (χ1v) is 8.22. The fourth-order valence-corrected chi connectivity index (χ4v) is 3.66. The maximum absolute atomic E-state index is 12.6. The van der Waals surface area contributed by atoms with Gasteiger partial charge in [-0.3, -0.25) is 9.69 Å². The predicted molar refractivity (Wildman–Crippen MR) is 94.3 cm³/mol. The second-order valence-electron chi connectivity index (χ2n) is 5.32. The molecule has 1 atom stereocenters. The summed E-state index contributed by atoms with van der Waals surface area (Å²) < 4.78 is 5.52. The third-order valence-corrected chi connectivity index (χ3v) is 4.74. The van der Waals surface area contributed by atoms with Gasteiger partial charge in [0.2, 0.25) is 0 Å². The zero-order valence-electron chi connectivity index (χ0n) is 13.0. The molecule has 2 rings (SSSR count). The molecule has 7 heteroatoms. The Morgan fingerprint density at radius 1 is 1.39 bits per heavy atom. The Morgan fingerprint density at radius 3 is 2.61 bits per heavy atom. The molecular weight excluding hydrogens is 334 g/mol. The summed E-state index contributed by atoms with van der Waals surface area (Å²) in [6.45, 7) is 3.50. The van der Waals surface area contributed by atoms with Crippen LogP contribution in [-0.2, 0) is 9.59 Å². The number of benzene rings is 1. The maximum Gasteiger partial charge on any atom is 0.327 e. The molecule has 5 nitrogen and oxygen atoms in total. The number of rotatable bonds is 5. The normalized spacial score (nSPS) is 17.9. The van der Waals surface area contributed by atoms with E-state index in [1.54, 1.807) is 33.1 Å². The van der Waals surface area contributed by atoms with Crippen molar-refractivity contribution in [2.75, 3.05) is 7.11 Å². The minimum absolute atomic E-state index is 0.249. The van der Waals surface area contributed by atoms with Gasteiger partial charge in [0.25, 0.3) is 5.91 Å². The molecule has 1 aromatic carbocycles. The topological polar surface area (TPSA) is 66.8 Å². The third kappa shape index (κ3) is 3.56. The molecule has 1 aliphatic heterocycles. The number of carboxylic acid groups (broad SMARTS) is 1. The van der Waals surface area contributed by atoms with Gasteiger partial charge in [-0.15, -0.1) is 0 Å². The molecule has 0 aromatic heterocycles. The SMILES string of the molecule is COc1ccccc1/C=C1\SC(=S)N(C(C(=O)O)C(C)C)C1=O. The quantitative estimate of drug-likeness (QED) is 0.650. The van der Waals surface area contributed by atoms with Gasteiger partial charge in [0.05, 0.1) is 12.0 Å². The summed E-state index contributed by atoms with van der Waals surface area (Å²) >= 11 is 6.33. The predicted octanol–water partition coefficient (Wildman–Crippen LogP) is 3.01. The van der Waals surface area contributed by atoms with Crippen LogP contribution in [0.25, 0.3) is 6.08 Å². The van der Waals surface area contributed by atoms with E-state index in [4.69, 9.17) is 17.0 Å². The van der Waals surface area contributed by atoms with Crippen LogP contribution in [0.2, 0.25) is 0 Å². The average Bonchev–Trinajstić information content (AvgIpc) is 2.75. The molecule has 1 N–H and O–H groups in total. The molecule has 0 spiro atoms. The molecule has 1 heterocycles. The van der Waals surface area contributed by atoms with Crippen LogP contribution in [0.1, 0.15) is 19.4 Å². The molecule has 122 valence electrons. The number of carboxylic acids is 1. The second kappa shape index (κ2) is 7.14. The Labute approximate surface area is 144 Å². The molecule has 1 unspecified atom stereocenters. The number of hydrogen-bond acceptors (Lipinski definition) is 5. The maximum atomic E-state index is 12.6. The summed E-state index contributed by atoms with van der Waals surface area (Å²) in [5.41, 5.74) is 0.743. The highest BCUT2D eigenvalue weighted by Gasteiger charge is 2.41. The summed E-state index contributed by atoms with van der Waals surface area (Å²) in [6, 6.07) is 6.32. The van der Waals surface area contributed by atoms with E-state index in [0.29, 0.717) is 10.7 Å². The zero-order valence-corrected chi connectivity index (χ0v) is 14.6. The van der Waals surface area contributed by atoms with Gasteiger partial charge >= 0.3 is 5.97 Å². The number of thioether (sulfide) groups is 1. The molecule has 1 amide bonds. The summed E-state index contributed by atoms with van der Waals surface area (Å²) in [5.74, 6) is -1.06. The number of carbonyl (C=O) groups is 2. The van der Waals surface area contributed by atoms with Crippen molar-refractivity contribution in [3.05, 3.63) is 34.7 Å². The van der Waals surface area contributed by atoms with Crippen LogP contribution in [0.3, 0.4) is 0 Å². The summed E-state index contributed by atoms with van der Waals surface area (Å²) in [7, 11) is 1.55. The van der Waals surface area contributed by atoms with Crippen molar-refractivity contribution in [1.82, 2.24) is 4.90 Å². The van der Waals surface area contributed by atoms with Crippen molar-refractivity contribution in [3.63, 3.8) is 0 Å². The first-order valence-electron chi connectivity index (χ1n) is 6.99. The second-order valence-corrected chi connectivity index (χ2v) is 7.00. The molecule has 1 fully saturated rings. The highest BCUT2D eigenvalue weighted by molar-refractivity contribution is 8.26. The van der Waals surface area contributed by atoms with Crippen molar-refractivity contribution in [2.24, 2.45) is 5.92 Å². The molecular formula is C16H17NO4S2. The van der Waals surface area contributed by atoms with Crippen LogP contribution >= 0.6 is 24.0 Å². The van der Waals surface area contributed by atoms with Gasteiger partial charge in [-0.25, -0.2) is 4.79 Å². The highest BCUT2D eigenvalue weighted by Crippen LogP contribution is 2.36. The Balaban J connectivity index is 2.38. The zero-order chi connectivity index (χ0) is 17.1. The number of para-hydroxylation sites is 1. The monoisotopic (exact) mass is 351 g/mol. The van der Waals surface area contributed by atoms with Crippen LogP contribution in [0.5, 0.6) is 5.75 Å². The molecule has 0 aliphatic carbocycles. The van der Waals surface area contributed by atoms with E-state index < -0.39 is 12.0 Å². The Morgan fingerprint density at radius 2 is 2.04 bits per heavy atom. The number of ether oxygens (including phenoxy) is 1. The number of aliphatic carboxylic acids is 1. The van der Waals surface area contributed by atoms with E-state index in [1.165, 1.54) is 4.90 Å². The van der Waals surface area contributed by atoms with Gasteiger partial charge in [-0.2, -0.15) is 0 Å². The lowest BCUT2D eigenvalue weighted by molar-refractivity contribution is -0.146. The largest absolute Gasteiger partial charge is 0.496 e. The van der Waals surface area contributed by atoms with Gasteiger partial charge in [-0.05, 0) is 18.1 Å². The highest BCUT2D eigenvalue weighted by atomic mass is 32.2. The number of amides is 1. The minimum Gasteiger partial charge on any atom is -0.496 e. The Hall–Kier alpha value is -1.86. The fourth-order valence-electron chi connectivity index (χ4n) is 2.34.